The molecule has 0 saturated heterocycles. The molecule has 0 aliphatic heterocycles. The van der Waals surface area contributed by atoms with Crippen LogP contribution in [0.25, 0.3) is 0 Å². The summed E-state index contributed by atoms with van der Waals surface area (Å²) in [6.07, 6.45) is 0.875. The van der Waals surface area contributed by atoms with Gasteiger partial charge in [0.2, 0.25) is 5.88 Å². The van der Waals surface area contributed by atoms with Crippen LogP contribution in [0.5, 0.6) is 5.88 Å². The minimum atomic E-state index is -0.474. The lowest BCUT2D eigenvalue weighted by molar-refractivity contribution is 0.162. The fraction of sp³-hybridized carbons (Fsp3) is 0.444. The van der Waals surface area contributed by atoms with Gasteiger partial charge in [0.05, 0.1) is 0 Å². The van der Waals surface area contributed by atoms with Crippen LogP contribution in [0.4, 0.5) is 4.79 Å². The Morgan fingerprint density at radius 3 is 2.93 bits per heavy atom. The highest BCUT2D eigenvalue weighted by Gasteiger charge is 2.10. The molecular formula is C9H14N4O2. The van der Waals surface area contributed by atoms with E-state index in [2.05, 4.69) is 9.97 Å². The van der Waals surface area contributed by atoms with Crippen molar-refractivity contribution in [2.75, 3.05) is 20.1 Å². The number of amides is 1. The Balaban J connectivity index is 2.58. The summed E-state index contributed by atoms with van der Waals surface area (Å²) >= 11 is 0. The first-order valence-electron chi connectivity index (χ1n) is 4.55. The molecule has 0 aliphatic carbocycles. The fourth-order valence-corrected chi connectivity index (χ4v) is 0.938. The first-order chi connectivity index (χ1) is 7.13. The Labute approximate surface area is 88.1 Å². The van der Waals surface area contributed by atoms with Gasteiger partial charge in [0, 0.05) is 31.9 Å². The molecule has 6 nitrogen and oxygen atoms in total. The number of nitrogens with zero attached hydrogens (tertiary/aromatic N) is 3. The van der Waals surface area contributed by atoms with Crippen LogP contribution in [-0.2, 0) is 0 Å². The SMILES string of the molecule is Cc1cc(OC(=O)N(C)CCN)ncn1. The summed E-state index contributed by atoms with van der Waals surface area (Å²) in [7, 11) is 1.61. The lowest BCUT2D eigenvalue weighted by Crippen LogP contribution is -2.34. The van der Waals surface area contributed by atoms with Crippen molar-refractivity contribution < 1.29 is 9.53 Å². The molecule has 1 aromatic rings. The summed E-state index contributed by atoms with van der Waals surface area (Å²) in [5.74, 6) is 0.247. The molecule has 0 atom stereocenters. The van der Waals surface area contributed by atoms with E-state index < -0.39 is 6.09 Å². The van der Waals surface area contributed by atoms with Gasteiger partial charge in [-0.1, -0.05) is 0 Å². The molecule has 1 amide bonds. The number of aryl methyl sites for hydroxylation is 1. The molecule has 0 unspecified atom stereocenters. The van der Waals surface area contributed by atoms with Crippen molar-refractivity contribution in [3.8, 4) is 5.88 Å². The van der Waals surface area contributed by atoms with Crippen molar-refractivity contribution in [2.24, 2.45) is 5.73 Å². The van der Waals surface area contributed by atoms with Gasteiger partial charge in [-0.3, -0.25) is 0 Å². The fourth-order valence-electron chi connectivity index (χ4n) is 0.938. The Bertz CT molecular complexity index is 343. The predicted octanol–water partition coefficient (Wildman–Crippen LogP) is 0.174. The van der Waals surface area contributed by atoms with E-state index in [-0.39, 0.29) is 5.88 Å². The van der Waals surface area contributed by atoms with Gasteiger partial charge in [0.15, 0.2) is 0 Å². The van der Waals surface area contributed by atoms with E-state index in [4.69, 9.17) is 10.5 Å². The maximum atomic E-state index is 11.4. The summed E-state index contributed by atoms with van der Waals surface area (Å²) in [5.41, 5.74) is 6.05. The van der Waals surface area contributed by atoms with Crippen LogP contribution in [0.3, 0.4) is 0 Å². The van der Waals surface area contributed by atoms with Gasteiger partial charge in [-0.2, -0.15) is 0 Å². The number of carbonyl (C=O) groups excluding carboxylic acids is 1. The van der Waals surface area contributed by atoms with E-state index in [9.17, 15) is 4.79 Å². The second kappa shape index (κ2) is 5.26. The van der Waals surface area contributed by atoms with Crippen molar-refractivity contribution in [1.29, 1.82) is 0 Å². The second-order valence-electron chi connectivity index (χ2n) is 3.08. The topological polar surface area (TPSA) is 81.3 Å². The average Bonchev–Trinajstić information content (AvgIpc) is 2.18. The maximum absolute atomic E-state index is 11.4. The zero-order valence-corrected chi connectivity index (χ0v) is 8.80. The number of ether oxygens (including phenoxy) is 1. The number of aromatic nitrogens is 2. The minimum absolute atomic E-state index is 0.247. The van der Waals surface area contributed by atoms with E-state index in [0.29, 0.717) is 13.1 Å². The summed E-state index contributed by atoms with van der Waals surface area (Å²) in [6.45, 7) is 2.64. The van der Waals surface area contributed by atoms with E-state index in [0.717, 1.165) is 5.69 Å². The average molecular weight is 210 g/mol. The van der Waals surface area contributed by atoms with Crippen LogP contribution < -0.4 is 10.5 Å². The van der Waals surface area contributed by atoms with E-state index >= 15 is 0 Å². The Morgan fingerprint density at radius 2 is 2.33 bits per heavy atom. The Kier molecular flexibility index (Phi) is 3.99. The van der Waals surface area contributed by atoms with Crippen LogP contribution in [0.1, 0.15) is 5.69 Å². The standard InChI is InChI=1S/C9H14N4O2/c1-7-5-8(12-6-11-7)15-9(14)13(2)4-3-10/h5-6H,3-4,10H2,1-2H3. The summed E-state index contributed by atoms with van der Waals surface area (Å²) in [5, 5.41) is 0. The smallest absolute Gasteiger partial charge is 0.391 e. The van der Waals surface area contributed by atoms with Crippen molar-refractivity contribution in [1.82, 2.24) is 14.9 Å². The third kappa shape index (κ3) is 3.51. The van der Waals surface area contributed by atoms with Gasteiger partial charge < -0.3 is 15.4 Å². The second-order valence-corrected chi connectivity index (χ2v) is 3.08. The van der Waals surface area contributed by atoms with E-state index in [1.165, 1.54) is 11.2 Å². The minimum Gasteiger partial charge on any atom is -0.391 e. The van der Waals surface area contributed by atoms with E-state index in [1.54, 1.807) is 20.0 Å². The molecule has 1 aromatic heterocycles. The first-order valence-corrected chi connectivity index (χ1v) is 4.55. The molecule has 0 aromatic carbocycles. The molecule has 15 heavy (non-hydrogen) atoms. The molecule has 0 aliphatic rings. The van der Waals surface area contributed by atoms with Crippen LogP contribution in [0.15, 0.2) is 12.4 Å². The Hall–Kier alpha value is -1.69. The van der Waals surface area contributed by atoms with Crippen molar-refractivity contribution >= 4 is 6.09 Å². The quantitative estimate of drug-likeness (QED) is 0.769. The maximum Gasteiger partial charge on any atom is 0.416 e. The van der Waals surface area contributed by atoms with Crippen molar-refractivity contribution in [3.05, 3.63) is 18.1 Å². The van der Waals surface area contributed by atoms with Gasteiger partial charge in [-0.25, -0.2) is 14.8 Å². The molecule has 0 saturated carbocycles. The highest BCUT2D eigenvalue weighted by atomic mass is 16.6. The number of rotatable bonds is 3. The summed E-state index contributed by atoms with van der Waals surface area (Å²) in [6, 6.07) is 1.59. The van der Waals surface area contributed by atoms with Crippen LogP contribution in [0, 0.1) is 6.92 Å². The molecule has 1 rings (SSSR count). The predicted molar refractivity (Wildman–Crippen MR) is 54.5 cm³/mol. The molecular weight excluding hydrogens is 196 g/mol. The van der Waals surface area contributed by atoms with Gasteiger partial charge in [0.1, 0.15) is 6.33 Å². The number of hydrogen-bond donors (Lipinski definition) is 1. The molecule has 0 spiro atoms. The van der Waals surface area contributed by atoms with Gasteiger partial charge >= 0.3 is 6.09 Å². The van der Waals surface area contributed by atoms with Crippen LogP contribution in [-0.4, -0.2) is 41.1 Å². The number of carbonyl (C=O) groups is 1. The zero-order chi connectivity index (χ0) is 11.3. The van der Waals surface area contributed by atoms with Gasteiger partial charge in [0.25, 0.3) is 0 Å². The zero-order valence-electron chi connectivity index (χ0n) is 8.80. The molecule has 2 N–H and O–H groups in total. The molecule has 82 valence electrons. The molecule has 6 heteroatoms. The number of nitrogens with two attached hydrogens (primary N) is 1. The normalized spacial score (nSPS) is 9.80. The third-order valence-electron chi connectivity index (χ3n) is 1.75. The largest absolute Gasteiger partial charge is 0.416 e. The van der Waals surface area contributed by atoms with Crippen LogP contribution >= 0.6 is 0 Å². The molecule has 0 fully saturated rings. The van der Waals surface area contributed by atoms with Gasteiger partial charge in [-0.15, -0.1) is 0 Å². The summed E-state index contributed by atoms with van der Waals surface area (Å²) in [4.78, 5) is 20.5. The monoisotopic (exact) mass is 210 g/mol. The number of hydrogen-bond acceptors (Lipinski definition) is 5. The summed E-state index contributed by atoms with van der Waals surface area (Å²) < 4.78 is 4.99. The Morgan fingerprint density at radius 1 is 1.60 bits per heavy atom. The van der Waals surface area contributed by atoms with E-state index in [1.807, 2.05) is 0 Å². The lowest BCUT2D eigenvalue weighted by atomic mass is 10.4. The van der Waals surface area contributed by atoms with Crippen molar-refractivity contribution in [3.63, 3.8) is 0 Å². The van der Waals surface area contributed by atoms with Gasteiger partial charge in [-0.05, 0) is 6.92 Å². The molecule has 0 radical (unpaired) electrons. The molecule has 1 heterocycles. The van der Waals surface area contributed by atoms with Crippen molar-refractivity contribution in [2.45, 2.75) is 6.92 Å². The molecule has 0 bridgehead atoms. The first kappa shape index (κ1) is 11.4. The highest BCUT2D eigenvalue weighted by Crippen LogP contribution is 2.06. The lowest BCUT2D eigenvalue weighted by Gasteiger charge is -2.14. The highest BCUT2D eigenvalue weighted by molar-refractivity contribution is 5.69. The third-order valence-corrected chi connectivity index (χ3v) is 1.75. The van der Waals surface area contributed by atoms with Crippen LogP contribution in [0.2, 0.25) is 0 Å². The number of likely N-dealkylation sites (N-methyl/N-ethyl adjacent to an activating group) is 1.